The van der Waals surface area contributed by atoms with Crippen LogP contribution in [0.1, 0.15) is 57.3 Å². The summed E-state index contributed by atoms with van der Waals surface area (Å²) in [5.41, 5.74) is 9.45. The minimum atomic E-state index is -0.565. The third kappa shape index (κ3) is 4.98. The van der Waals surface area contributed by atoms with E-state index in [0.29, 0.717) is 31.1 Å². The van der Waals surface area contributed by atoms with E-state index >= 15 is 0 Å². The summed E-state index contributed by atoms with van der Waals surface area (Å²) in [6.45, 7) is 2.97. The monoisotopic (exact) mass is 550 g/mol. The molecule has 1 atom stereocenters. The summed E-state index contributed by atoms with van der Waals surface area (Å²) in [5.74, 6) is 0.804. The van der Waals surface area contributed by atoms with Crippen LogP contribution in [0.3, 0.4) is 0 Å². The van der Waals surface area contributed by atoms with E-state index in [1.54, 1.807) is 0 Å². The Kier molecular flexibility index (Phi) is 7.55. The third-order valence-electron chi connectivity index (χ3n) is 7.99. The van der Waals surface area contributed by atoms with Gasteiger partial charge in [-0.3, -0.25) is 4.98 Å². The zero-order chi connectivity index (χ0) is 27.5. The number of rotatable bonds is 6. The van der Waals surface area contributed by atoms with Gasteiger partial charge in [-0.15, -0.1) is 0 Å². The van der Waals surface area contributed by atoms with Gasteiger partial charge >= 0.3 is 0 Å². The van der Waals surface area contributed by atoms with Crippen molar-refractivity contribution in [1.82, 2.24) is 10.3 Å². The molecule has 1 aliphatic heterocycles. The first-order valence-corrected chi connectivity index (χ1v) is 14.2. The van der Waals surface area contributed by atoms with Gasteiger partial charge in [-0.2, -0.15) is 0 Å². The number of hydrogen-bond acceptors (Lipinski definition) is 3. The number of allylic oxidation sites excluding steroid dienone is 2. The van der Waals surface area contributed by atoms with Crippen LogP contribution in [0.25, 0.3) is 11.6 Å². The molecule has 1 aromatic heterocycles. The normalized spacial score (nSPS) is 17.5. The maximum absolute atomic E-state index is 13.1. The van der Waals surface area contributed by atoms with Crippen molar-refractivity contribution >= 4 is 23.3 Å². The number of aromatic nitrogens is 1. The molecule has 4 aromatic rings. The Morgan fingerprint density at radius 1 is 0.975 bits per heavy atom. The highest BCUT2D eigenvalue weighted by atomic mass is 35.5. The van der Waals surface area contributed by atoms with Crippen LogP contribution >= 0.6 is 11.6 Å². The van der Waals surface area contributed by atoms with Gasteiger partial charge in [-0.25, -0.2) is 4.39 Å². The molecule has 6 bridgehead atoms. The lowest BCUT2D eigenvalue weighted by atomic mass is 9.66. The number of fused-ring (bicyclic) bond motifs is 6. The highest BCUT2D eigenvalue weighted by Crippen LogP contribution is 2.45. The highest BCUT2D eigenvalue weighted by molar-refractivity contribution is 6.31. The minimum absolute atomic E-state index is 0.319. The van der Waals surface area contributed by atoms with Crippen molar-refractivity contribution < 1.29 is 9.13 Å². The number of nitrogens with one attached hydrogen (secondary N) is 1. The van der Waals surface area contributed by atoms with E-state index in [4.69, 9.17) is 16.3 Å². The van der Waals surface area contributed by atoms with Gasteiger partial charge in [0.2, 0.25) is 0 Å². The lowest BCUT2D eigenvalue weighted by molar-refractivity contribution is 0.306. The molecule has 40 heavy (non-hydrogen) atoms. The summed E-state index contributed by atoms with van der Waals surface area (Å²) in [5, 5.41) is 3.97. The minimum Gasteiger partial charge on any atom is -0.489 e. The second-order valence-corrected chi connectivity index (χ2v) is 10.9. The summed E-state index contributed by atoms with van der Waals surface area (Å²) in [6.07, 6.45) is 12.1. The Labute approximate surface area is 240 Å². The van der Waals surface area contributed by atoms with Gasteiger partial charge in [0.05, 0.1) is 0 Å². The van der Waals surface area contributed by atoms with Gasteiger partial charge in [0.15, 0.2) is 0 Å². The van der Waals surface area contributed by atoms with E-state index in [-0.39, 0.29) is 0 Å². The molecule has 0 spiro atoms. The lowest BCUT2D eigenvalue weighted by Gasteiger charge is -2.37. The van der Waals surface area contributed by atoms with Gasteiger partial charge in [0.1, 0.15) is 19.0 Å². The third-order valence-corrected chi connectivity index (χ3v) is 8.35. The molecule has 3 nitrogen and oxygen atoms in total. The van der Waals surface area contributed by atoms with Gasteiger partial charge in [0.25, 0.3) is 0 Å². The summed E-state index contributed by atoms with van der Waals surface area (Å²) >= 11 is 6.75. The maximum Gasteiger partial charge on any atom is 0.120 e. The van der Waals surface area contributed by atoms with Crippen LogP contribution in [0.4, 0.5) is 4.39 Å². The summed E-state index contributed by atoms with van der Waals surface area (Å²) < 4.78 is 19.4. The van der Waals surface area contributed by atoms with Crippen LogP contribution in [0, 0.1) is 6.92 Å². The highest BCUT2D eigenvalue weighted by Gasteiger charge is 2.38. The van der Waals surface area contributed by atoms with Crippen LogP contribution in [-0.2, 0) is 12.0 Å². The zero-order valence-corrected chi connectivity index (χ0v) is 23.3. The first-order chi connectivity index (χ1) is 19.6. The van der Waals surface area contributed by atoms with Gasteiger partial charge in [0, 0.05) is 34.9 Å². The van der Waals surface area contributed by atoms with Crippen LogP contribution in [-0.4, -0.2) is 24.7 Å². The number of nitrogens with zero attached hydrogens (tertiary/aromatic N) is 1. The van der Waals surface area contributed by atoms with Crippen LogP contribution in [0.15, 0.2) is 91.3 Å². The van der Waals surface area contributed by atoms with Crippen molar-refractivity contribution in [2.45, 2.75) is 31.8 Å². The molecule has 5 heteroatoms. The van der Waals surface area contributed by atoms with Gasteiger partial charge < -0.3 is 10.1 Å². The molecule has 2 aliphatic rings. The second kappa shape index (κ2) is 11.4. The largest absolute Gasteiger partial charge is 0.489 e. The Morgan fingerprint density at radius 3 is 2.73 bits per heavy atom. The topological polar surface area (TPSA) is 34.2 Å². The molecule has 0 saturated carbocycles. The number of alkyl halides is 1. The van der Waals surface area contributed by atoms with E-state index in [1.807, 2.05) is 30.6 Å². The standard InChI is InChI=1S/C35H32ClFN2O/c1-24-17-30(22-39-21-24)35(13-15-38-16-14-37)28-11-12-34(36)27(18-28)23-40-31-7-4-6-26(19-31)32-8-3-2-5-25-9-10-29(35)20-33(25)32/h2,4-12,17-22,38H,3,13-16,23H2,1H3. The number of hydrogen-bond donors (Lipinski definition) is 1. The first kappa shape index (κ1) is 26.5. The molecule has 6 rings (SSSR count). The Bertz CT molecular complexity index is 1610. The van der Waals surface area contributed by atoms with Crippen LogP contribution < -0.4 is 10.1 Å². The average molecular weight is 551 g/mol. The fourth-order valence-corrected chi connectivity index (χ4v) is 6.19. The molecule has 3 aromatic carbocycles. The smallest absolute Gasteiger partial charge is 0.120 e. The predicted molar refractivity (Wildman–Crippen MR) is 162 cm³/mol. The number of ether oxygens (including phenoxy) is 1. The fourth-order valence-electron chi connectivity index (χ4n) is 6.02. The van der Waals surface area contributed by atoms with E-state index in [9.17, 15) is 4.39 Å². The molecular formula is C35H32ClFN2O. The molecule has 1 unspecified atom stereocenters. The van der Waals surface area contributed by atoms with E-state index in [0.717, 1.165) is 45.6 Å². The second-order valence-electron chi connectivity index (χ2n) is 10.5. The van der Waals surface area contributed by atoms with Gasteiger partial charge in [-0.1, -0.05) is 66.2 Å². The maximum atomic E-state index is 13.1. The number of halogens is 2. The Hall–Kier alpha value is -3.73. The fraction of sp³-hybridized carbons (Fsp3) is 0.229. The van der Waals surface area contributed by atoms with E-state index in [2.05, 4.69) is 84.0 Å². The van der Waals surface area contributed by atoms with Crippen molar-refractivity contribution in [2.75, 3.05) is 19.8 Å². The zero-order valence-electron chi connectivity index (χ0n) is 22.6. The molecule has 202 valence electrons. The molecular weight excluding hydrogens is 519 g/mol. The van der Waals surface area contributed by atoms with Crippen molar-refractivity contribution in [3.05, 3.63) is 141 Å². The van der Waals surface area contributed by atoms with Crippen molar-refractivity contribution in [2.24, 2.45) is 0 Å². The predicted octanol–water partition coefficient (Wildman–Crippen LogP) is 8.07. The van der Waals surface area contributed by atoms with Crippen molar-refractivity contribution in [3.8, 4) is 5.75 Å². The average Bonchev–Trinajstić information content (AvgIpc) is 3.19. The van der Waals surface area contributed by atoms with Crippen molar-refractivity contribution in [1.29, 1.82) is 0 Å². The molecule has 1 N–H and O–H groups in total. The molecule has 1 aliphatic carbocycles. The Balaban J connectivity index is 1.67. The van der Waals surface area contributed by atoms with E-state index < -0.39 is 12.1 Å². The van der Waals surface area contributed by atoms with Gasteiger partial charge in [-0.05, 0) is 101 Å². The first-order valence-electron chi connectivity index (χ1n) is 13.8. The summed E-state index contributed by atoms with van der Waals surface area (Å²) in [6, 6.07) is 23.6. The number of benzene rings is 3. The van der Waals surface area contributed by atoms with Crippen LogP contribution in [0.5, 0.6) is 5.75 Å². The Morgan fingerprint density at radius 2 is 1.85 bits per heavy atom. The van der Waals surface area contributed by atoms with Crippen LogP contribution in [0.2, 0.25) is 5.02 Å². The molecule has 0 fully saturated rings. The number of pyridine rings is 1. The number of aryl methyl sites for hydroxylation is 1. The molecule has 0 radical (unpaired) electrons. The molecule has 0 saturated heterocycles. The summed E-state index contributed by atoms with van der Waals surface area (Å²) in [4.78, 5) is 4.63. The molecule has 2 heterocycles. The lowest BCUT2D eigenvalue weighted by Crippen LogP contribution is -2.34. The quantitative estimate of drug-likeness (QED) is 0.246. The van der Waals surface area contributed by atoms with Crippen molar-refractivity contribution in [3.63, 3.8) is 0 Å². The molecule has 0 amide bonds. The SMILES string of the molecule is Cc1cncc(C2(CCNCCF)c3ccc(Cl)c(c3)COc3cccc(c3)C3=CCC=Cc4ccc2cc43)c1. The summed E-state index contributed by atoms with van der Waals surface area (Å²) in [7, 11) is 0. The van der Waals surface area contributed by atoms with E-state index in [1.165, 1.54) is 16.7 Å².